The van der Waals surface area contributed by atoms with Crippen molar-refractivity contribution in [2.45, 2.75) is 17.7 Å². The van der Waals surface area contributed by atoms with E-state index >= 15 is 0 Å². The van der Waals surface area contributed by atoms with Crippen molar-refractivity contribution < 1.29 is 37.0 Å². The Labute approximate surface area is 186 Å². The average Bonchev–Trinajstić information content (AvgIpc) is 2.83. The molecule has 0 radical (unpaired) electrons. The number of benzene rings is 2. The predicted octanol–water partition coefficient (Wildman–Crippen LogP) is 2.50. The minimum atomic E-state index is -3.75. The van der Waals surface area contributed by atoms with Gasteiger partial charge in [0.1, 0.15) is 5.75 Å². The fourth-order valence-electron chi connectivity index (χ4n) is 3.46. The number of hydrogen-bond donors (Lipinski definition) is 0. The fraction of sp³-hybridized carbons (Fsp3) is 0.364. The maximum absolute atomic E-state index is 13.0. The molecular formula is C22H25NO8S. The topological polar surface area (TPSA) is 108 Å². The lowest BCUT2D eigenvalue weighted by Crippen LogP contribution is -2.41. The van der Waals surface area contributed by atoms with Crippen LogP contribution in [0.2, 0.25) is 0 Å². The summed E-state index contributed by atoms with van der Waals surface area (Å²) in [4.78, 5) is 24.3. The number of nitrogens with zero attached hydrogens (tertiary/aromatic N) is 1. The number of rotatable bonds is 7. The third-order valence-electron chi connectivity index (χ3n) is 5.25. The summed E-state index contributed by atoms with van der Waals surface area (Å²) in [5.74, 6) is -0.455. The first-order valence-electron chi connectivity index (χ1n) is 9.92. The molecule has 32 heavy (non-hydrogen) atoms. The summed E-state index contributed by atoms with van der Waals surface area (Å²) in [6, 6.07) is 10.6. The Hall–Kier alpha value is -3.11. The van der Waals surface area contributed by atoms with Crippen LogP contribution < -0.4 is 14.2 Å². The van der Waals surface area contributed by atoms with Gasteiger partial charge in [0.05, 0.1) is 37.7 Å². The predicted molar refractivity (Wildman–Crippen MR) is 114 cm³/mol. The van der Waals surface area contributed by atoms with Crippen molar-refractivity contribution >= 4 is 22.0 Å². The fourth-order valence-corrected chi connectivity index (χ4v) is 4.95. The Balaban J connectivity index is 1.64. The monoisotopic (exact) mass is 463 g/mol. The van der Waals surface area contributed by atoms with Gasteiger partial charge in [0.25, 0.3) is 0 Å². The van der Waals surface area contributed by atoms with Gasteiger partial charge in [-0.2, -0.15) is 4.31 Å². The molecule has 0 spiro atoms. The molecule has 0 N–H and O–H groups in total. The zero-order chi connectivity index (χ0) is 23.3. The molecule has 0 aliphatic carbocycles. The highest BCUT2D eigenvalue weighted by molar-refractivity contribution is 7.89. The SMILES string of the molecule is COC(=O)c1cccc(OC(=O)C2CCN(S(=O)(=O)c3ccc(OC)c(OC)c3)CC2)c1. The van der Waals surface area contributed by atoms with Crippen LogP contribution in [0.1, 0.15) is 23.2 Å². The van der Waals surface area contributed by atoms with Crippen molar-refractivity contribution in [3.8, 4) is 17.2 Å². The smallest absolute Gasteiger partial charge is 0.337 e. The molecule has 0 unspecified atom stereocenters. The van der Waals surface area contributed by atoms with Crippen molar-refractivity contribution in [3.05, 3.63) is 48.0 Å². The van der Waals surface area contributed by atoms with E-state index in [1.807, 2.05) is 0 Å². The maximum Gasteiger partial charge on any atom is 0.337 e. The second kappa shape index (κ2) is 10.0. The van der Waals surface area contributed by atoms with Crippen LogP contribution in [-0.4, -0.2) is 59.1 Å². The molecule has 0 amide bonds. The van der Waals surface area contributed by atoms with Crippen LogP contribution in [0.5, 0.6) is 17.2 Å². The first kappa shape index (κ1) is 23.6. The van der Waals surface area contributed by atoms with Gasteiger partial charge in [-0.1, -0.05) is 6.07 Å². The second-order valence-corrected chi connectivity index (χ2v) is 9.07. The lowest BCUT2D eigenvalue weighted by atomic mass is 9.98. The molecular weight excluding hydrogens is 438 g/mol. The molecule has 0 atom stereocenters. The molecule has 3 rings (SSSR count). The maximum atomic E-state index is 13.0. The largest absolute Gasteiger partial charge is 0.493 e. The van der Waals surface area contributed by atoms with Crippen molar-refractivity contribution in [3.63, 3.8) is 0 Å². The van der Waals surface area contributed by atoms with Gasteiger partial charge in [-0.05, 0) is 43.2 Å². The third kappa shape index (κ3) is 5.03. The third-order valence-corrected chi connectivity index (χ3v) is 7.15. The van der Waals surface area contributed by atoms with Crippen LogP contribution in [0.25, 0.3) is 0 Å². The minimum absolute atomic E-state index is 0.0933. The van der Waals surface area contributed by atoms with Crippen molar-refractivity contribution in [1.82, 2.24) is 4.31 Å². The summed E-state index contributed by atoms with van der Waals surface area (Å²) in [5, 5.41) is 0. The van der Waals surface area contributed by atoms with Gasteiger partial charge < -0.3 is 18.9 Å². The van der Waals surface area contributed by atoms with Gasteiger partial charge in [0, 0.05) is 19.2 Å². The van der Waals surface area contributed by atoms with E-state index in [0.29, 0.717) is 24.3 Å². The van der Waals surface area contributed by atoms with Gasteiger partial charge in [0.2, 0.25) is 10.0 Å². The number of sulfonamides is 1. The Morgan fingerprint density at radius 3 is 2.25 bits per heavy atom. The number of carbonyl (C=O) groups is 2. The summed E-state index contributed by atoms with van der Waals surface area (Å²) < 4.78 is 47.8. The number of hydrogen-bond acceptors (Lipinski definition) is 8. The highest BCUT2D eigenvalue weighted by atomic mass is 32.2. The zero-order valence-electron chi connectivity index (χ0n) is 18.1. The van der Waals surface area contributed by atoms with E-state index in [1.54, 1.807) is 18.2 Å². The Bertz CT molecular complexity index is 1090. The first-order chi connectivity index (χ1) is 15.3. The standard InChI is InChI=1S/C22H25NO8S/c1-28-19-8-7-18(14-20(19)29-2)32(26,27)23-11-9-15(10-12-23)22(25)31-17-6-4-5-16(13-17)21(24)30-3/h4-8,13-15H,9-12H2,1-3H3. The molecule has 1 aliphatic heterocycles. The zero-order valence-corrected chi connectivity index (χ0v) is 18.9. The van der Waals surface area contributed by atoms with Crippen molar-refractivity contribution in [1.29, 1.82) is 0 Å². The normalized spacial score (nSPS) is 15.1. The minimum Gasteiger partial charge on any atom is -0.493 e. The Kier molecular flexibility index (Phi) is 7.37. The van der Waals surface area contributed by atoms with E-state index in [9.17, 15) is 18.0 Å². The molecule has 2 aromatic carbocycles. The van der Waals surface area contributed by atoms with E-state index in [1.165, 1.54) is 49.9 Å². The van der Waals surface area contributed by atoms with Crippen LogP contribution in [0.15, 0.2) is 47.4 Å². The number of methoxy groups -OCH3 is 3. The Morgan fingerprint density at radius 2 is 1.62 bits per heavy atom. The van der Waals surface area contributed by atoms with E-state index < -0.39 is 27.9 Å². The summed E-state index contributed by atoms with van der Waals surface area (Å²) in [5.41, 5.74) is 0.272. The first-order valence-corrected chi connectivity index (χ1v) is 11.4. The number of carbonyl (C=O) groups excluding carboxylic acids is 2. The van der Waals surface area contributed by atoms with Gasteiger partial charge in [-0.25, -0.2) is 13.2 Å². The van der Waals surface area contributed by atoms with Crippen LogP contribution in [0.4, 0.5) is 0 Å². The summed E-state index contributed by atoms with van der Waals surface area (Å²) in [7, 11) is 0.428. The lowest BCUT2D eigenvalue weighted by Gasteiger charge is -2.30. The summed E-state index contributed by atoms with van der Waals surface area (Å²) in [6.07, 6.45) is 0.643. The molecule has 172 valence electrons. The van der Waals surface area contributed by atoms with Crippen molar-refractivity contribution in [2.75, 3.05) is 34.4 Å². The number of piperidine rings is 1. The summed E-state index contributed by atoms with van der Waals surface area (Å²) >= 11 is 0. The molecule has 10 heteroatoms. The Morgan fingerprint density at radius 1 is 0.938 bits per heavy atom. The molecule has 0 bridgehead atoms. The van der Waals surface area contributed by atoms with E-state index in [0.717, 1.165) is 0 Å². The van der Waals surface area contributed by atoms with Crippen molar-refractivity contribution in [2.24, 2.45) is 5.92 Å². The van der Waals surface area contributed by atoms with Crippen LogP contribution in [0.3, 0.4) is 0 Å². The molecule has 1 fully saturated rings. The summed E-state index contributed by atoms with van der Waals surface area (Å²) in [6.45, 7) is 0.358. The van der Waals surface area contributed by atoms with Crippen LogP contribution in [-0.2, 0) is 19.6 Å². The second-order valence-electron chi connectivity index (χ2n) is 7.14. The quantitative estimate of drug-likeness (QED) is 0.455. The van der Waals surface area contributed by atoms with Gasteiger partial charge >= 0.3 is 11.9 Å². The molecule has 1 saturated heterocycles. The van der Waals surface area contributed by atoms with E-state index in [2.05, 4.69) is 4.74 Å². The number of esters is 2. The highest BCUT2D eigenvalue weighted by Gasteiger charge is 2.33. The van der Waals surface area contributed by atoms with Gasteiger partial charge in [-0.15, -0.1) is 0 Å². The number of ether oxygens (including phenoxy) is 4. The molecule has 0 saturated carbocycles. The molecule has 0 aromatic heterocycles. The molecule has 1 heterocycles. The van der Waals surface area contributed by atoms with Crippen LogP contribution >= 0.6 is 0 Å². The van der Waals surface area contributed by atoms with Crippen LogP contribution in [0, 0.1) is 5.92 Å². The van der Waals surface area contributed by atoms with Gasteiger partial charge in [0.15, 0.2) is 11.5 Å². The molecule has 2 aromatic rings. The van der Waals surface area contributed by atoms with Gasteiger partial charge in [-0.3, -0.25) is 4.79 Å². The molecule has 9 nitrogen and oxygen atoms in total. The lowest BCUT2D eigenvalue weighted by molar-refractivity contribution is -0.140. The highest BCUT2D eigenvalue weighted by Crippen LogP contribution is 2.32. The van der Waals surface area contributed by atoms with E-state index in [4.69, 9.17) is 14.2 Å². The molecule has 1 aliphatic rings. The van der Waals surface area contributed by atoms with E-state index in [-0.39, 0.29) is 29.3 Å². The average molecular weight is 464 g/mol.